The molecule has 2 N–H and O–H groups in total. The summed E-state index contributed by atoms with van der Waals surface area (Å²) >= 11 is 0. The maximum atomic E-state index is 13.3. The van der Waals surface area contributed by atoms with Crippen LogP contribution in [0.5, 0.6) is 11.5 Å². The standard InChI is InChI=1S/C25H27N3O5/c1-27(2)12-13-28-21(16-9-7-11-19(32-3)24(16)33-4)20(23(30)25(28)31)22(29)17-14-26-18-10-6-5-8-15(17)18/h5-11,14,21,26,29H,12-13H2,1-4H3/b22-20+/t21-/m0/s1. The zero-order valence-electron chi connectivity index (χ0n) is 19.1. The van der Waals surface area contributed by atoms with Gasteiger partial charge in [0.25, 0.3) is 11.7 Å². The number of rotatable bonds is 7. The van der Waals surface area contributed by atoms with Crippen LogP contribution in [0.4, 0.5) is 0 Å². The summed E-state index contributed by atoms with van der Waals surface area (Å²) in [5, 5.41) is 12.1. The molecule has 0 spiro atoms. The van der Waals surface area contributed by atoms with Crippen LogP contribution in [0.2, 0.25) is 0 Å². The van der Waals surface area contributed by atoms with E-state index in [4.69, 9.17) is 9.47 Å². The Morgan fingerprint density at radius 1 is 1.09 bits per heavy atom. The van der Waals surface area contributed by atoms with E-state index >= 15 is 0 Å². The highest BCUT2D eigenvalue weighted by atomic mass is 16.5. The molecule has 1 aliphatic rings. The molecule has 0 saturated carbocycles. The molecule has 1 fully saturated rings. The predicted molar refractivity (Wildman–Crippen MR) is 125 cm³/mol. The van der Waals surface area contributed by atoms with E-state index < -0.39 is 17.7 Å². The minimum atomic E-state index is -0.830. The van der Waals surface area contributed by atoms with Gasteiger partial charge in [-0.1, -0.05) is 30.3 Å². The maximum Gasteiger partial charge on any atom is 0.295 e. The van der Waals surface area contributed by atoms with Gasteiger partial charge >= 0.3 is 0 Å². The van der Waals surface area contributed by atoms with Crippen LogP contribution in [0.15, 0.2) is 54.2 Å². The molecule has 1 atom stereocenters. The summed E-state index contributed by atoms with van der Waals surface area (Å²) < 4.78 is 11.1. The summed E-state index contributed by atoms with van der Waals surface area (Å²) in [4.78, 5) is 32.9. The van der Waals surface area contributed by atoms with Crippen LogP contribution < -0.4 is 9.47 Å². The van der Waals surface area contributed by atoms with Gasteiger partial charge in [0.1, 0.15) is 5.76 Å². The number of aromatic nitrogens is 1. The number of H-pyrrole nitrogens is 1. The lowest BCUT2D eigenvalue weighted by atomic mass is 9.94. The Morgan fingerprint density at radius 2 is 1.85 bits per heavy atom. The lowest BCUT2D eigenvalue weighted by Crippen LogP contribution is -2.35. The number of methoxy groups -OCH3 is 2. The molecular formula is C25H27N3O5. The third-order valence-electron chi connectivity index (χ3n) is 5.90. The van der Waals surface area contributed by atoms with Crippen molar-refractivity contribution in [3.8, 4) is 11.5 Å². The molecule has 172 valence electrons. The van der Waals surface area contributed by atoms with Crippen LogP contribution in [0.1, 0.15) is 17.2 Å². The molecule has 2 aromatic carbocycles. The summed E-state index contributed by atoms with van der Waals surface area (Å²) in [6.07, 6.45) is 1.65. The van der Waals surface area contributed by atoms with Gasteiger partial charge in [-0.25, -0.2) is 0 Å². The summed E-state index contributed by atoms with van der Waals surface area (Å²) in [6.45, 7) is 0.843. The molecular weight excluding hydrogens is 422 g/mol. The molecule has 1 amide bonds. The van der Waals surface area contributed by atoms with Gasteiger partial charge in [0.2, 0.25) is 0 Å². The Balaban J connectivity index is 1.96. The number of para-hydroxylation sites is 2. The van der Waals surface area contributed by atoms with Gasteiger partial charge in [0, 0.05) is 41.3 Å². The number of hydrogen-bond acceptors (Lipinski definition) is 6. The third kappa shape index (κ3) is 3.82. The van der Waals surface area contributed by atoms with Crippen molar-refractivity contribution >= 4 is 28.4 Å². The van der Waals surface area contributed by atoms with E-state index in [2.05, 4.69) is 4.98 Å². The number of Topliss-reactive ketones (excluding diaryl/α,β-unsaturated/α-hetero) is 1. The normalized spacial score (nSPS) is 17.8. The number of aromatic amines is 1. The number of hydrogen-bond donors (Lipinski definition) is 2. The highest BCUT2D eigenvalue weighted by Gasteiger charge is 2.47. The molecule has 8 heteroatoms. The quantitative estimate of drug-likeness (QED) is 0.327. The van der Waals surface area contributed by atoms with Crippen molar-refractivity contribution in [1.82, 2.24) is 14.8 Å². The molecule has 0 bridgehead atoms. The van der Waals surface area contributed by atoms with E-state index in [0.717, 1.165) is 10.9 Å². The number of carbonyl (C=O) groups is 2. The van der Waals surface area contributed by atoms with Crippen molar-refractivity contribution in [3.63, 3.8) is 0 Å². The first-order chi connectivity index (χ1) is 15.9. The Bertz CT molecular complexity index is 1240. The Kier molecular flexibility index (Phi) is 6.11. The molecule has 4 rings (SSSR count). The van der Waals surface area contributed by atoms with E-state index in [1.54, 1.807) is 24.4 Å². The van der Waals surface area contributed by atoms with Crippen molar-refractivity contribution in [2.24, 2.45) is 0 Å². The van der Waals surface area contributed by atoms with Gasteiger partial charge in [-0.15, -0.1) is 0 Å². The fourth-order valence-electron chi connectivity index (χ4n) is 4.28. The third-order valence-corrected chi connectivity index (χ3v) is 5.90. The molecule has 8 nitrogen and oxygen atoms in total. The minimum absolute atomic E-state index is 0.0232. The molecule has 3 aromatic rings. The summed E-state index contributed by atoms with van der Waals surface area (Å²) in [7, 11) is 6.82. The molecule has 1 aliphatic heterocycles. The minimum Gasteiger partial charge on any atom is -0.507 e. The second-order valence-electron chi connectivity index (χ2n) is 8.13. The lowest BCUT2D eigenvalue weighted by Gasteiger charge is -2.28. The second kappa shape index (κ2) is 8.99. The molecule has 0 unspecified atom stereocenters. The molecule has 33 heavy (non-hydrogen) atoms. The van der Waals surface area contributed by atoms with Gasteiger partial charge in [0.15, 0.2) is 11.5 Å². The zero-order chi connectivity index (χ0) is 23.7. The first-order valence-electron chi connectivity index (χ1n) is 10.6. The Labute approximate surface area is 192 Å². The number of aliphatic hydroxyl groups excluding tert-OH is 1. The van der Waals surface area contributed by atoms with Crippen LogP contribution in [-0.2, 0) is 9.59 Å². The van der Waals surface area contributed by atoms with Crippen molar-refractivity contribution in [1.29, 1.82) is 0 Å². The first-order valence-corrected chi connectivity index (χ1v) is 10.6. The van der Waals surface area contributed by atoms with E-state index in [-0.39, 0.29) is 11.3 Å². The molecule has 0 aliphatic carbocycles. The van der Waals surface area contributed by atoms with Crippen LogP contribution in [-0.4, -0.2) is 73.0 Å². The number of aliphatic hydroxyl groups is 1. The number of ether oxygens (including phenoxy) is 2. The number of carbonyl (C=O) groups excluding carboxylic acids is 2. The second-order valence-corrected chi connectivity index (χ2v) is 8.13. The van der Waals surface area contributed by atoms with Crippen molar-refractivity contribution < 1.29 is 24.2 Å². The number of ketones is 1. The molecule has 2 heterocycles. The summed E-state index contributed by atoms with van der Waals surface area (Å²) in [5.74, 6) is -0.737. The summed E-state index contributed by atoms with van der Waals surface area (Å²) in [5.41, 5.74) is 1.87. The Morgan fingerprint density at radius 3 is 2.55 bits per heavy atom. The smallest absolute Gasteiger partial charge is 0.295 e. The number of fused-ring (bicyclic) bond motifs is 1. The van der Waals surface area contributed by atoms with Crippen LogP contribution in [0, 0.1) is 0 Å². The number of likely N-dealkylation sites (tertiary alicyclic amines) is 1. The van der Waals surface area contributed by atoms with Gasteiger partial charge in [0.05, 0.1) is 25.8 Å². The predicted octanol–water partition coefficient (Wildman–Crippen LogP) is 3.17. The maximum absolute atomic E-state index is 13.3. The van der Waals surface area contributed by atoms with E-state index in [1.165, 1.54) is 19.1 Å². The largest absolute Gasteiger partial charge is 0.507 e. The van der Waals surface area contributed by atoms with Gasteiger partial charge < -0.3 is 29.4 Å². The Hall–Kier alpha value is -3.78. The monoisotopic (exact) mass is 449 g/mol. The number of nitrogens with one attached hydrogen (secondary N) is 1. The van der Waals surface area contributed by atoms with Gasteiger partial charge in [-0.2, -0.15) is 0 Å². The molecule has 1 saturated heterocycles. The average molecular weight is 450 g/mol. The summed E-state index contributed by atoms with van der Waals surface area (Å²) in [6, 6.07) is 11.9. The zero-order valence-corrected chi connectivity index (χ0v) is 19.1. The van der Waals surface area contributed by atoms with Gasteiger partial charge in [-0.3, -0.25) is 9.59 Å². The SMILES string of the molecule is COc1cccc([C@H]2/C(=C(\O)c3c[nH]c4ccccc34)C(=O)C(=O)N2CCN(C)C)c1OC. The molecule has 0 radical (unpaired) electrons. The van der Waals surface area contributed by atoms with E-state index in [9.17, 15) is 14.7 Å². The van der Waals surface area contributed by atoms with E-state index in [1.807, 2.05) is 43.3 Å². The highest BCUT2D eigenvalue weighted by molar-refractivity contribution is 6.46. The van der Waals surface area contributed by atoms with Crippen LogP contribution in [0.3, 0.4) is 0 Å². The topological polar surface area (TPSA) is 95.1 Å². The number of benzene rings is 2. The van der Waals surface area contributed by atoms with Crippen molar-refractivity contribution in [2.75, 3.05) is 41.4 Å². The molecule has 1 aromatic heterocycles. The van der Waals surface area contributed by atoms with Crippen LogP contribution >= 0.6 is 0 Å². The van der Waals surface area contributed by atoms with E-state index in [0.29, 0.717) is 35.7 Å². The van der Waals surface area contributed by atoms with Crippen molar-refractivity contribution in [3.05, 3.63) is 65.4 Å². The number of nitrogens with zero attached hydrogens (tertiary/aromatic N) is 2. The van der Waals surface area contributed by atoms with Gasteiger partial charge in [-0.05, 0) is 26.2 Å². The van der Waals surface area contributed by atoms with Crippen molar-refractivity contribution in [2.45, 2.75) is 6.04 Å². The highest BCUT2D eigenvalue weighted by Crippen LogP contribution is 2.45. The fourth-order valence-corrected chi connectivity index (χ4v) is 4.28. The number of amides is 1. The average Bonchev–Trinajstić information content (AvgIpc) is 3.35. The lowest BCUT2D eigenvalue weighted by molar-refractivity contribution is -0.140. The first kappa shape index (κ1) is 22.4. The fraction of sp³-hybridized carbons (Fsp3) is 0.280. The van der Waals surface area contributed by atoms with Crippen LogP contribution in [0.25, 0.3) is 16.7 Å². The number of likely N-dealkylation sites (N-methyl/N-ethyl adjacent to an activating group) is 1.